The third-order valence-electron chi connectivity index (χ3n) is 11.5. The van der Waals surface area contributed by atoms with Gasteiger partial charge in [-0.05, 0) is 81.5 Å². The van der Waals surface area contributed by atoms with Crippen LogP contribution in [0.25, 0.3) is 10.9 Å². The Kier molecular flexibility index (Phi) is 10.8. The van der Waals surface area contributed by atoms with Crippen LogP contribution in [0, 0.1) is 17.2 Å². The SMILES string of the molecule is N#Cc1ccc(OC2CCC(NC(=O)c3ccc(N4CCC(CN5CCC(n6ncc7c(N8CCC(=O)NC8=O)cncc76)CC5)CC4)nn3)CC2)cc1Cl. The summed E-state index contributed by atoms with van der Waals surface area (Å²) in [7, 11) is 0. The lowest BCUT2D eigenvalue weighted by atomic mass is 9.92. The number of ether oxygens (including phenoxy) is 1. The van der Waals surface area contributed by atoms with Crippen molar-refractivity contribution in [3.05, 3.63) is 65.2 Å². The summed E-state index contributed by atoms with van der Waals surface area (Å²) in [6.45, 7) is 5.19. The van der Waals surface area contributed by atoms with E-state index in [1.165, 1.54) is 0 Å². The number of rotatable bonds is 9. The van der Waals surface area contributed by atoms with Gasteiger partial charge in [0, 0.05) is 63.2 Å². The predicted molar refractivity (Wildman–Crippen MR) is 205 cm³/mol. The molecule has 16 heteroatoms. The molecule has 1 aromatic carbocycles. The van der Waals surface area contributed by atoms with Gasteiger partial charge in [-0.2, -0.15) is 10.4 Å². The first-order chi connectivity index (χ1) is 26.8. The van der Waals surface area contributed by atoms with Crippen LogP contribution in [0.15, 0.2) is 48.9 Å². The molecule has 0 radical (unpaired) electrons. The fourth-order valence-electron chi connectivity index (χ4n) is 8.35. The summed E-state index contributed by atoms with van der Waals surface area (Å²) in [6.07, 6.45) is 12.9. The first kappa shape index (κ1) is 36.6. The average Bonchev–Trinajstić information content (AvgIpc) is 3.64. The van der Waals surface area contributed by atoms with E-state index in [4.69, 9.17) is 26.7 Å². The zero-order valence-electron chi connectivity index (χ0n) is 30.6. The van der Waals surface area contributed by atoms with Crippen molar-refractivity contribution < 1.29 is 19.1 Å². The number of urea groups is 1. The number of nitriles is 1. The second kappa shape index (κ2) is 16.2. The number of carbonyl (C=O) groups is 3. The smallest absolute Gasteiger partial charge is 0.328 e. The number of anilines is 2. The fourth-order valence-corrected chi connectivity index (χ4v) is 8.57. The normalized spacial score (nSPS) is 21.7. The van der Waals surface area contributed by atoms with Crippen molar-refractivity contribution in [1.82, 2.24) is 40.5 Å². The molecule has 4 amide bonds. The summed E-state index contributed by atoms with van der Waals surface area (Å²) < 4.78 is 8.14. The second-order valence-corrected chi connectivity index (χ2v) is 15.4. The summed E-state index contributed by atoms with van der Waals surface area (Å²) in [5, 5.41) is 29.3. The molecule has 3 aromatic heterocycles. The fraction of sp³-hybridized carbons (Fsp3) is 0.487. The van der Waals surface area contributed by atoms with Crippen molar-refractivity contribution in [3.8, 4) is 11.8 Å². The highest BCUT2D eigenvalue weighted by atomic mass is 35.5. The Morgan fingerprint density at radius 1 is 0.945 bits per heavy atom. The maximum atomic E-state index is 13.0. The van der Waals surface area contributed by atoms with Crippen molar-refractivity contribution in [2.45, 2.75) is 76.0 Å². The Morgan fingerprint density at radius 3 is 2.45 bits per heavy atom. The Balaban J connectivity index is 0.760. The summed E-state index contributed by atoms with van der Waals surface area (Å²) in [6, 6.07) is 10.7. The Labute approximate surface area is 324 Å². The number of hydrogen-bond donors (Lipinski definition) is 2. The molecule has 0 unspecified atom stereocenters. The zero-order chi connectivity index (χ0) is 37.9. The van der Waals surface area contributed by atoms with E-state index < -0.39 is 6.03 Å². The second-order valence-electron chi connectivity index (χ2n) is 15.0. The minimum atomic E-state index is -0.421. The first-order valence-electron chi connectivity index (χ1n) is 19.2. The lowest BCUT2D eigenvalue weighted by Gasteiger charge is -2.38. The molecule has 15 nitrogen and oxygen atoms in total. The molecule has 0 spiro atoms. The van der Waals surface area contributed by atoms with Crippen LogP contribution in [0.1, 0.15) is 79.9 Å². The van der Waals surface area contributed by atoms with Crippen LogP contribution in [-0.2, 0) is 4.79 Å². The van der Waals surface area contributed by atoms with Crippen LogP contribution in [0.4, 0.5) is 16.3 Å². The molecular formula is C39H44ClN11O4. The summed E-state index contributed by atoms with van der Waals surface area (Å²) in [5.41, 5.74) is 2.32. The summed E-state index contributed by atoms with van der Waals surface area (Å²) >= 11 is 6.15. The monoisotopic (exact) mass is 765 g/mol. The molecule has 1 saturated carbocycles. The van der Waals surface area contributed by atoms with Gasteiger partial charge in [0.15, 0.2) is 11.5 Å². The van der Waals surface area contributed by atoms with Gasteiger partial charge < -0.3 is 19.9 Å². The van der Waals surface area contributed by atoms with Crippen LogP contribution in [0.3, 0.4) is 0 Å². The van der Waals surface area contributed by atoms with E-state index in [1.54, 1.807) is 35.4 Å². The van der Waals surface area contributed by atoms with E-state index in [2.05, 4.69) is 46.4 Å². The molecular weight excluding hydrogens is 722 g/mol. The van der Waals surface area contributed by atoms with Gasteiger partial charge in [-0.3, -0.25) is 29.5 Å². The third-order valence-corrected chi connectivity index (χ3v) is 11.8. The number of aromatic nitrogens is 5. The van der Waals surface area contributed by atoms with E-state index in [1.807, 2.05) is 18.5 Å². The molecule has 4 fully saturated rings. The zero-order valence-corrected chi connectivity index (χ0v) is 31.3. The van der Waals surface area contributed by atoms with Crippen molar-refractivity contribution in [2.24, 2.45) is 5.92 Å². The van der Waals surface area contributed by atoms with Crippen molar-refractivity contribution in [2.75, 3.05) is 49.1 Å². The number of fused-ring (bicyclic) bond motifs is 1. The molecule has 8 rings (SSSR count). The number of halogens is 1. The Hall–Kier alpha value is -5.33. The number of piperidine rings is 2. The minimum Gasteiger partial charge on any atom is -0.490 e. The number of imide groups is 1. The van der Waals surface area contributed by atoms with Gasteiger partial charge in [0.05, 0.1) is 52.5 Å². The van der Waals surface area contributed by atoms with Crippen molar-refractivity contribution >= 4 is 51.9 Å². The van der Waals surface area contributed by atoms with E-state index >= 15 is 0 Å². The highest BCUT2D eigenvalue weighted by molar-refractivity contribution is 6.31. The number of likely N-dealkylation sites (tertiary alicyclic amines) is 1. The van der Waals surface area contributed by atoms with Gasteiger partial charge in [0.25, 0.3) is 5.91 Å². The lowest BCUT2D eigenvalue weighted by molar-refractivity contribution is -0.120. The number of benzene rings is 1. The maximum absolute atomic E-state index is 13.0. The molecule has 2 N–H and O–H groups in total. The molecule has 0 bridgehead atoms. The predicted octanol–water partition coefficient (Wildman–Crippen LogP) is 4.87. The van der Waals surface area contributed by atoms with E-state index in [0.29, 0.717) is 40.2 Å². The number of hydrogen-bond acceptors (Lipinski definition) is 11. The molecule has 1 aliphatic carbocycles. The van der Waals surface area contributed by atoms with Crippen LogP contribution >= 0.6 is 11.6 Å². The highest BCUT2D eigenvalue weighted by Crippen LogP contribution is 2.33. The van der Waals surface area contributed by atoms with Crippen LogP contribution in [0.2, 0.25) is 5.02 Å². The molecule has 0 atom stereocenters. The Bertz CT molecular complexity index is 2080. The highest BCUT2D eigenvalue weighted by Gasteiger charge is 2.30. The van der Waals surface area contributed by atoms with Crippen molar-refractivity contribution in [3.63, 3.8) is 0 Å². The van der Waals surface area contributed by atoms with Gasteiger partial charge in [-0.25, -0.2) is 4.79 Å². The number of pyridine rings is 1. The first-order valence-corrected chi connectivity index (χ1v) is 19.6. The number of nitrogens with zero attached hydrogens (tertiary/aromatic N) is 9. The number of carbonyl (C=O) groups excluding carboxylic acids is 3. The van der Waals surface area contributed by atoms with E-state index in [-0.39, 0.29) is 36.4 Å². The van der Waals surface area contributed by atoms with Gasteiger partial charge in [-0.15, -0.1) is 10.2 Å². The standard InChI is InChI=1S/C39H44ClN11O4/c40-32-19-30(4-1-26(32)20-41)55-29-5-2-27(3-6-29)44-38(53)33-7-8-36(47-46-33)49-16-9-25(10-17-49)24-48-14-11-28(12-15-48)51-35-23-42-22-34(31(35)21-43-51)50-18-13-37(52)45-39(50)54/h1,4,7-8,19,21-23,25,27-29H,2-3,5-6,9-18,24H2,(H,44,53)(H,45,52,54). The van der Waals surface area contributed by atoms with Crippen LogP contribution < -0.4 is 25.2 Å². The minimum absolute atomic E-state index is 0.0309. The summed E-state index contributed by atoms with van der Waals surface area (Å²) in [5.74, 6) is 1.58. The number of nitrogens with one attached hydrogen (secondary N) is 2. The molecule has 55 heavy (non-hydrogen) atoms. The largest absolute Gasteiger partial charge is 0.490 e. The van der Waals surface area contributed by atoms with Crippen molar-refractivity contribution in [1.29, 1.82) is 5.26 Å². The van der Waals surface area contributed by atoms with E-state index in [9.17, 15) is 14.4 Å². The maximum Gasteiger partial charge on any atom is 0.328 e. The summed E-state index contributed by atoms with van der Waals surface area (Å²) in [4.78, 5) is 48.0. The molecule has 4 aliphatic rings. The molecule has 286 valence electrons. The topological polar surface area (TPSA) is 174 Å². The third kappa shape index (κ3) is 8.20. The number of amides is 4. The van der Waals surface area contributed by atoms with E-state index in [0.717, 1.165) is 101 Å². The lowest BCUT2D eigenvalue weighted by Crippen LogP contribution is -2.49. The van der Waals surface area contributed by atoms with Crippen LogP contribution in [0.5, 0.6) is 5.75 Å². The molecule has 3 saturated heterocycles. The van der Waals surface area contributed by atoms with Gasteiger partial charge in [-0.1, -0.05) is 11.6 Å². The van der Waals surface area contributed by atoms with Gasteiger partial charge in [0.2, 0.25) is 5.91 Å². The van der Waals surface area contributed by atoms with Gasteiger partial charge in [0.1, 0.15) is 11.8 Å². The average molecular weight is 766 g/mol. The molecule has 6 heterocycles. The van der Waals surface area contributed by atoms with Gasteiger partial charge >= 0.3 is 6.03 Å². The molecule has 4 aromatic rings. The van der Waals surface area contributed by atoms with Crippen LogP contribution in [-0.4, -0.2) is 99.1 Å². The molecule has 3 aliphatic heterocycles. The Morgan fingerprint density at radius 2 is 1.75 bits per heavy atom. The quantitative estimate of drug-likeness (QED) is 0.238.